The summed E-state index contributed by atoms with van der Waals surface area (Å²) in [4.78, 5) is 75.8. The molecule has 19 heteroatoms. The highest BCUT2D eigenvalue weighted by Crippen LogP contribution is 2.41. The second kappa shape index (κ2) is 35.5. The van der Waals surface area contributed by atoms with E-state index < -0.39 is 5.97 Å². The van der Waals surface area contributed by atoms with Gasteiger partial charge in [0.1, 0.15) is 35.9 Å². The average Bonchev–Trinajstić information content (AvgIpc) is 4.49. The zero-order valence-electron chi connectivity index (χ0n) is 52.4. The van der Waals surface area contributed by atoms with Crippen LogP contribution in [0, 0.1) is 36.0 Å². The Bertz CT molecular complexity index is 2210. The van der Waals surface area contributed by atoms with Gasteiger partial charge in [-0.05, 0) is 168 Å². The maximum atomic E-state index is 11.7. The summed E-state index contributed by atoms with van der Waals surface area (Å²) in [5.74, 6) is 2.35. The van der Waals surface area contributed by atoms with Gasteiger partial charge in [-0.15, -0.1) is 12.4 Å². The third-order valence-electron chi connectivity index (χ3n) is 19.8. The van der Waals surface area contributed by atoms with Crippen LogP contribution in [0.2, 0.25) is 0 Å². The number of para-hydroxylation sites is 1. The van der Waals surface area contributed by atoms with Crippen molar-refractivity contribution in [3.8, 4) is 0 Å². The lowest BCUT2D eigenvalue weighted by Gasteiger charge is -2.30. The van der Waals surface area contributed by atoms with E-state index in [0.29, 0.717) is 80.8 Å². The number of esters is 5. The van der Waals surface area contributed by atoms with Gasteiger partial charge >= 0.3 is 35.8 Å². The topological polar surface area (TPSA) is 227 Å². The summed E-state index contributed by atoms with van der Waals surface area (Å²) in [5, 5.41) is 20.2. The molecular formula is C66H106ClN6O12+. The number of aliphatic carboxylic acids is 1. The Balaban J connectivity index is 0.000000163. The Morgan fingerprint density at radius 2 is 0.918 bits per heavy atom. The maximum absolute atomic E-state index is 11.7. The van der Waals surface area contributed by atoms with E-state index in [1.54, 1.807) is 13.0 Å². The molecule has 15 atom stereocenters. The van der Waals surface area contributed by atoms with E-state index in [1.165, 1.54) is 116 Å². The molecule has 10 fully saturated rings. The van der Waals surface area contributed by atoms with E-state index in [0.717, 1.165) is 67.2 Å². The molecule has 10 aliphatic rings. The highest BCUT2D eigenvalue weighted by atomic mass is 35.5. The van der Waals surface area contributed by atoms with Crippen LogP contribution in [-0.2, 0) is 47.7 Å². The predicted octanol–water partition coefficient (Wildman–Crippen LogP) is 10.1. The number of carboxylic acid groups (broad SMARTS) is 1. The molecule has 18 nitrogen and oxygen atoms in total. The average molecular weight is 1210 g/mol. The van der Waals surface area contributed by atoms with Crippen molar-refractivity contribution in [3.05, 3.63) is 42.4 Å². The minimum atomic E-state index is -0.642. The number of rotatable bonds is 11. The molecular weight excluding hydrogens is 1100 g/mol. The number of hydrogen-bond acceptors (Lipinski definition) is 16. The summed E-state index contributed by atoms with van der Waals surface area (Å²) in [6, 6.07) is 12.2. The summed E-state index contributed by atoms with van der Waals surface area (Å²) in [7, 11) is 4.05. The number of hydrogen-bond donors (Lipinski definition) is 5. The van der Waals surface area contributed by atoms with Gasteiger partial charge in [0.25, 0.3) is 0 Å². The van der Waals surface area contributed by atoms with Gasteiger partial charge in [-0.2, -0.15) is 0 Å². The van der Waals surface area contributed by atoms with E-state index in [2.05, 4.69) is 44.2 Å². The molecule has 6 heterocycles. The molecule has 5 saturated carbocycles. The second-order valence-electron chi connectivity index (χ2n) is 25.0. The largest absolute Gasteiger partial charge is 0.480 e. The van der Waals surface area contributed by atoms with Gasteiger partial charge < -0.3 is 49.7 Å². The summed E-state index contributed by atoms with van der Waals surface area (Å²) < 4.78 is 25.1. The van der Waals surface area contributed by atoms with E-state index >= 15 is 0 Å². The number of H-pyrrole nitrogens is 1. The predicted molar refractivity (Wildman–Crippen MR) is 331 cm³/mol. The quantitative estimate of drug-likeness (QED) is 0.0801. The van der Waals surface area contributed by atoms with Crippen LogP contribution in [0.4, 0.5) is 0 Å². The first kappa shape index (κ1) is 69.6. The monoisotopic (exact) mass is 1210 g/mol. The van der Waals surface area contributed by atoms with Crippen LogP contribution in [0.5, 0.6) is 0 Å². The van der Waals surface area contributed by atoms with Gasteiger partial charge in [-0.1, -0.05) is 69.6 Å². The number of ether oxygens (including phenoxy) is 5. The fourth-order valence-corrected chi connectivity index (χ4v) is 15.6. The first-order chi connectivity index (χ1) is 40.7. The molecule has 3 unspecified atom stereocenters. The smallest absolute Gasteiger partial charge is 0.354 e. The number of fused-ring (bicyclic) bond motifs is 6. The summed E-state index contributed by atoms with van der Waals surface area (Å²) in [5.41, 5.74) is 1.46. The Kier molecular flexibility index (Phi) is 29.1. The van der Waals surface area contributed by atoms with Gasteiger partial charge in [0.05, 0.1) is 52.3 Å². The lowest BCUT2D eigenvalue weighted by atomic mass is 9.85. The number of benzene rings is 1. The van der Waals surface area contributed by atoms with Gasteiger partial charge in [0.2, 0.25) is 0 Å². The third-order valence-corrected chi connectivity index (χ3v) is 19.8. The van der Waals surface area contributed by atoms with E-state index in [4.69, 9.17) is 28.8 Å². The van der Waals surface area contributed by atoms with Gasteiger partial charge in [0, 0.05) is 53.5 Å². The molecule has 2 aromatic rings. The van der Waals surface area contributed by atoms with E-state index in [1.807, 2.05) is 59.0 Å². The third kappa shape index (κ3) is 19.5. The highest BCUT2D eigenvalue weighted by Gasteiger charge is 2.46. The van der Waals surface area contributed by atoms with Crippen LogP contribution < -0.4 is 16.0 Å². The molecule has 1 aromatic heterocycles. The first-order valence-electron chi connectivity index (χ1n) is 32.9. The number of aromatic amines is 1. The van der Waals surface area contributed by atoms with Crippen LogP contribution in [0.15, 0.2) is 30.3 Å². The lowest BCUT2D eigenvalue weighted by molar-refractivity contribution is -0.148. The van der Waals surface area contributed by atoms with E-state index in [9.17, 15) is 28.8 Å². The number of likely N-dealkylation sites (N-methyl/N-ethyl adjacent to an activating group) is 2. The molecule has 1 aromatic carbocycles. The Labute approximate surface area is 513 Å². The maximum Gasteiger partial charge on any atom is 0.354 e. The molecule has 5 aliphatic carbocycles. The molecule has 0 spiro atoms. The van der Waals surface area contributed by atoms with Crippen molar-refractivity contribution < 1.29 is 57.6 Å². The van der Waals surface area contributed by atoms with Crippen LogP contribution in [0.25, 0.3) is 10.9 Å². The van der Waals surface area contributed by atoms with Crippen LogP contribution in [0.3, 0.4) is 0 Å². The molecule has 5 N–H and O–H groups in total. The van der Waals surface area contributed by atoms with Crippen molar-refractivity contribution >= 4 is 59.1 Å². The van der Waals surface area contributed by atoms with Crippen molar-refractivity contribution in [2.75, 3.05) is 47.1 Å². The zero-order valence-corrected chi connectivity index (χ0v) is 53.2. The van der Waals surface area contributed by atoms with Crippen molar-refractivity contribution in [1.29, 1.82) is 0 Å². The molecule has 0 radical (unpaired) electrons. The summed E-state index contributed by atoms with van der Waals surface area (Å²) >= 11 is 0. The minimum absolute atomic E-state index is 0. The van der Waals surface area contributed by atoms with Crippen molar-refractivity contribution in [2.24, 2.45) is 29.6 Å². The fourth-order valence-electron chi connectivity index (χ4n) is 15.6. The number of nitrogens with one attached hydrogen (secondary N) is 4. The normalized spacial score (nSPS) is 32.2. The molecule has 0 amide bonds. The molecule has 0 bridgehead atoms. The molecule has 478 valence electrons. The Hall–Kier alpha value is -4.46. The number of aromatic nitrogens is 1. The van der Waals surface area contributed by atoms with Crippen molar-refractivity contribution in [1.82, 2.24) is 30.7 Å². The number of likely N-dealkylation sites (tertiary alicyclic amines) is 2. The zero-order chi connectivity index (χ0) is 60.1. The van der Waals surface area contributed by atoms with Crippen LogP contribution in [-0.4, -0.2) is 163 Å². The van der Waals surface area contributed by atoms with Crippen molar-refractivity contribution in [2.45, 2.75) is 249 Å². The molecule has 5 aliphatic heterocycles. The molecule has 5 saturated heterocycles. The fraction of sp³-hybridized carbons (Fsp3) is 0.773. The van der Waals surface area contributed by atoms with Gasteiger partial charge in [-0.3, -0.25) is 33.8 Å². The lowest BCUT2D eigenvalue weighted by Crippen LogP contribution is -2.39. The number of carbonyl (C=O) groups is 6. The SMILES string of the molecule is CCOC(=O)C1CC2CCCCC2N1.CCOC(=O)[C@@H]1C[C@@H]2CCCC[C@@H]2N1.CCOC(=O)[C@@H]1C[C@@H]2CCCC[C@@H]2N1C.CCOC(=O)[C@H]1C[C@H]2C[CH+]CC[C@H]2N1.CCOC(=O)c1cc2ccccc2[nH]1.CN1[C@H](C(=O)O)C[C@@H]2CCCC[C@@H]21.Cl. The van der Waals surface area contributed by atoms with Crippen molar-refractivity contribution in [3.63, 3.8) is 0 Å². The first-order valence-corrected chi connectivity index (χ1v) is 32.9. The number of carbonyl (C=O) groups excluding carboxylic acids is 5. The highest BCUT2D eigenvalue weighted by molar-refractivity contribution is 5.94. The Morgan fingerprint density at radius 3 is 1.36 bits per heavy atom. The minimum Gasteiger partial charge on any atom is -0.480 e. The van der Waals surface area contributed by atoms with Crippen LogP contribution >= 0.6 is 12.4 Å². The van der Waals surface area contributed by atoms with E-state index in [-0.39, 0.29) is 72.5 Å². The number of halogens is 1. The standard InChI is InChI=1S/C12H21NO2.2C11H19NO2.C11H18NO2.C11H11NO2.C10H17NO2.ClH/c1-3-15-12(14)11-8-9-6-4-5-7-10(9)13(11)2;4*1-2-14-11(13)10-7-8-5-3-4-6-9(8)12-10;1-11-8-5-3-2-4-7(8)6-9(11)10(12)13;/h9-11H,3-8H2,1-2H3;2*8-10,12H,2-7H2,1H3;3,8-10,12H,2,4-7H2,1H3;3-7,12H,2H2,1H3;7-9H,2-6H2,1H3,(H,12,13);1H/q;;;+1;;;/t9-,10-,11-;8-,9-,10-;;8-,9-,10-;;7-,8-,9-;/m00.1.0./s1. The van der Waals surface area contributed by atoms with Gasteiger partial charge in [0.15, 0.2) is 0 Å². The molecule has 12 rings (SSSR count). The summed E-state index contributed by atoms with van der Waals surface area (Å²) in [6.07, 6.45) is 31.2. The second-order valence-corrected chi connectivity index (χ2v) is 25.0. The van der Waals surface area contributed by atoms with Crippen LogP contribution in [0.1, 0.15) is 199 Å². The summed E-state index contributed by atoms with van der Waals surface area (Å²) in [6.45, 7) is 11.6. The number of nitrogens with zero attached hydrogens (tertiary/aromatic N) is 2. The molecule has 85 heavy (non-hydrogen) atoms. The van der Waals surface area contributed by atoms with Gasteiger partial charge in [-0.25, -0.2) is 4.79 Å². The number of carboxylic acids is 1. The Morgan fingerprint density at radius 1 is 0.506 bits per heavy atom.